The Hall–Kier alpha value is -0.520. The first kappa shape index (κ1) is 12.5. The van der Waals surface area contributed by atoms with Crippen LogP contribution < -0.4 is 5.32 Å². The maximum absolute atomic E-state index is 5.41. The molecule has 0 atom stereocenters. The summed E-state index contributed by atoms with van der Waals surface area (Å²) in [7, 11) is 0. The molecule has 0 aliphatic rings. The molecular weight excluding hydrogens is 162 g/mol. The molecule has 0 saturated heterocycles. The van der Waals surface area contributed by atoms with Crippen LogP contribution in [-0.4, -0.2) is 26.3 Å². The fourth-order valence-corrected chi connectivity index (χ4v) is 0.805. The molecule has 0 saturated carbocycles. The lowest BCUT2D eigenvalue weighted by Crippen LogP contribution is -2.20. The Morgan fingerprint density at radius 1 is 1.31 bits per heavy atom. The van der Waals surface area contributed by atoms with Gasteiger partial charge in [-0.05, 0) is 19.3 Å². The van der Waals surface area contributed by atoms with E-state index in [0.29, 0.717) is 0 Å². The largest absolute Gasteiger partial charge is 0.380 e. The SMILES string of the molecule is CC#CCNCCOCCC(C)C. The monoisotopic (exact) mass is 183 g/mol. The van der Waals surface area contributed by atoms with Crippen molar-refractivity contribution in [3.63, 3.8) is 0 Å². The summed E-state index contributed by atoms with van der Waals surface area (Å²) in [6.07, 6.45) is 1.15. The van der Waals surface area contributed by atoms with Crippen LogP contribution in [0.25, 0.3) is 0 Å². The maximum atomic E-state index is 5.41. The first-order chi connectivity index (χ1) is 6.27. The molecule has 0 rings (SSSR count). The summed E-state index contributed by atoms with van der Waals surface area (Å²) in [4.78, 5) is 0. The van der Waals surface area contributed by atoms with Crippen molar-refractivity contribution in [2.24, 2.45) is 5.92 Å². The van der Waals surface area contributed by atoms with Crippen LogP contribution >= 0.6 is 0 Å². The molecule has 0 aromatic carbocycles. The van der Waals surface area contributed by atoms with E-state index in [4.69, 9.17) is 4.74 Å². The summed E-state index contributed by atoms with van der Waals surface area (Å²) >= 11 is 0. The standard InChI is InChI=1S/C11H21NO/c1-4-5-7-12-8-10-13-9-6-11(2)3/h11-12H,6-10H2,1-3H3. The Morgan fingerprint density at radius 2 is 2.08 bits per heavy atom. The lowest BCUT2D eigenvalue weighted by atomic mass is 10.1. The van der Waals surface area contributed by atoms with Crippen LogP contribution in [0.2, 0.25) is 0 Å². The van der Waals surface area contributed by atoms with E-state index in [2.05, 4.69) is 31.0 Å². The third-order valence-electron chi connectivity index (χ3n) is 1.65. The van der Waals surface area contributed by atoms with Crippen LogP contribution in [0.4, 0.5) is 0 Å². The lowest BCUT2D eigenvalue weighted by molar-refractivity contribution is 0.126. The minimum absolute atomic E-state index is 0.735. The third kappa shape index (κ3) is 11.5. The first-order valence-corrected chi connectivity index (χ1v) is 4.95. The average Bonchev–Trinajstić information content (AvgIpc) is 2.09. The van der Waals surface area contributed by atoms with Crippen LogP contribution in [-0.2, 0) is 4.74 Å². The summed E-state index contributed by atoms with van der Waals surface area (Å²) in [5.41, 5.74) is 0. The second kappa shape index (κ2) is 9.57. The predicted molar refractivity (Wildman–Crippen MR) is 56.6 cm³/mol. The molecule has 0 radical (unpaired) electrons. The van der Waals surface area contributed by atoms with E-state index >= 15 is 0 Å². The van der Waals surface area contributed by atoms with Crippen LogP contribution in [0.15, 0.2) is 0 Å². The zero-order valence-corrected chi connectivity index (χ0v) is 9.02. The molecule has 0 aliphatic heterocycles. The lowest BCUT2D eigenvalue weighted by Gasteiger charge is -2.05. The van der Waals surface area contributed by atoms with E-state index in [1.165, 1.54) is 0 Å². The molecule has 0 unspecified atom stereocenters. The molecule has 0 aliphatic carbocycles. The smallest absolute Gasteiger partial charge is 0.0591 e. The van der Waals surface area contributed by atoms with E-state index in [9.17, 15) is 0 Å². The molecule has 2 nitrogen and oxygen atoms in total. The summed E-state index contributed by atoms with van der Waals surface area (Å²) in [6, 6.07) is 0. The maximum Gasteiger partial charge on any atom is 0.0591 e. The molecule has 0 spiro atoms. The van der Waals surface area contributed by atoms with Gasteiger partial charge in [0.1, 0.15) is 0 Å². The average molecular weight is 183 g/mol. The van der Waals surface area contributed by atoms with Gasteiger partial charge in [-0.25, -0.2) is 0 Å². The molecule has 0 amide bonds. The van der Waals surface area contributed by atoms with Gasteiger partial charge >= 0.3 is 0 Å². The minimum atomic E-state index is 0.735. The van der Waals surface area contributed by atoms with E-state index in [0.717, 1.165) is 38.6 Å². The fraction of sp³-hybridized carbons (Fsp3) is 0.818. The quantitative estimate of drug-likeness (QED) is 0.479. The number of hydrogen-bond acceptors (Lipinski definition) is 2. The molecule has 13 heavy (non-hydrogen) atoms. The van der Waals surface area contributed by atoms with Gasteiger partial charge in [-0.1, -0.05) is 19.8 Å². The summed E-state index contributed by atoms with van der Waals surface area (Å²) in [5, 5.41) is 3.18. The number of hydrogen-bond donors (Lipinski definition) is 1. The Kier molecular flexibility index (Phi) is 9.18. The van der Waals surface area contributed by atoms with E-state index in [1.807, 2.05) is 6.92 Å². The third-order valence-corrected chi connectivity index (χ3v) is 1.65. The zero-order chi connectivity index (χ0) is 9.94. The Morgan fingerprint density at radius 3 is 2.69 bits per heavy atom. The second-order valence-corrected chi connectivity index (χ2v) is 3.40. The Labute approximate surface area is 82.1 Å². The van der Waals surface area contributed by atoms with Crippen LogP contribution in [0, 0.1) is 17.8 Å². The first-order valence-electron chi connectivity index (χ1n) is 4.95. The van der Waals surface area contributed by atoms with Crippen molar-refractivity contribution in [3.05, 3.63) is 0 Å². The highest BCUT2D eigenvalue weighted by Crippen LogP contribution is 1.97. The van der Waals surface area contributed by atoms with E-state index in [-0.39, 0.29) is 0 Å². The molecule has 0 fully saturated rings. The molecule has 0 heterocycles. The molecule has 0 bridgehead atoms. The Bertz CT molecular complexity index is 155. The van der Waals surface area contributed by atoms with Gasteiger partial charge in [-0.15, -0.1) is 5.92 Å². The summed E-state index contributed by atoms with van der Waals surface area (Å²) in [6.45, 7) is 9.59. The van der Waals surface area contributed by atoms with Gasteiger partial charge in [0.2, 0.25) is 0 Å². The minimum Gasteiger partial charge on any atom is -0.380 e. The van der Waals surface area contributed by atoms with Gasteiger partial charge in [0, 0.05) is 13.2 Å². The van der Waals surface area contributed by atoms with Crippen molar-refractivity contribution < 1.29 is 4.74 Å². The molecular formula is C11H21NO. The number of nitrogens with one attached hydrogen (secondary N) is 1. The van der Waals surface area contributed by atoms with Gasteiger partial charge in [-0.3, -0.25) is 0 Å². The molecule has 0 aromatic heterocycles. The van der Waals surface area contributed by atoms with Crippen molar-refractivity contribution in [2.75, 3.05) is 26.3 Å². The van der Waals surface area contributed by atoms with Crippen LogP contribution in [0.5, 0.6) is 0 Å². The van der Waals surface area contributed by atoms with Crippen LogP contribution in [0.1, 0.15) is 27.2 Å². The van der Waals surface area contributed by atoms with Gasteiger partial charge in [0.25, 0.3) is 0 Å². The number of ether oxygens (including phenoxy) is 1. The molecule has 1 N–H and O–H groups in total. The highest BCUT2D eigenvalue weighted by molar-refractivity contribution is 4.96. The highest BCUT2D eigenvalue weighted by atomic mass is 16.5. The topological polar surface area (TPSA) is 21.3 Å². The van der Waals surface area contributed by atoms with Crippen molar-refractivity contribution in [3.8, 4) is 11.8 Å². The van der Waals surface area contributed by atoms with Crippen molar-refractivity contribution >= 4 is 0 Å². The van der Waals surface area contributed by atoms with Crippen LogP contribution in [0.3, 0.4) is 0 Å². The van der Waals surface area contributed by atoms with Crippen molar-refractivity contribution in [1.29, 1.82) is 0 Å². The predicted octanol–water partition coefficient (Wildman–Crippen LogP) is 1.66. The Balaban J connectivity index is 2.94. The second-order valence-electron chi connectivity index (χ2n) is 3.40. The summed E-state index contributed by atoms with van der Waals surface area (Å²) < 4.78 is 5.41. The molecule has 0 aromatic rings. The highest BCUT2D eigenvalue weighted by Gasteiger charge is 1.92. The van der Waals surface area contributed by atoms with Gasteiger partial charge in [0.05, 0.1) is 13.2 Å². The van der Waals surface area contributed by atoms with E-state index in [1.54, 1.807) is 0 Å². The van der Waals surface area contributed by atoms with Gasteiger partial charge in [0.15, 0.2) is 0 Å². The van der Waals surface area contributed by atoms with Crippen molar-refractivity contribution in [1.82, 2.24) is 5.32 Å². The fourth-order valence-electron chi connectivity index (χ4n) is 0.805. The molecule has 76 valence electrons. The van der Waals surface area contributed by atoms with Gasteiger partial charge in [-0.2, -0.15) is 0 Å². The zero-order valence-electron chi connectivity index (χ0n) is 9.02. The normalized spacial score (nSPS) is 9.85. The number of rotatable bonds is 7. The van der Waals surface area contributed by atoms with Crippen molar-refractivity contribution in [2.45, 2.75) is 27.2 Å². The molecule has 2 heteroatoms. The van der Waals surface area contributed by atoms with Gasteiger partial charge < -0.3 is 10.1 Å². The summed E-state index contributed by atoms with van der Waals surface area (Å²) in [5.74, 6) is 6.51. The van der Waals surface area contributed by atoms with E-state index < -0.39 is 0 Å².